The number of hydrogen-bond donors (Lipinski definition) is 1. The van der Waals surface area contributed by atoms with E-state index in [1.165, 1.54) is 4.90 Å². The molecule has 0 atom stereocenters. The Morgan fingerprint density at radius 2 is 1.85 bits per heavy atom. The van der Waals surface area contributed by atoms with Gasteiger partial charge in [0.25, 0.3) is 0 Å². The fourth-order valence-electron chi connectivity index (χ4n) is 3.25. The number of nitrogens with zero attached hydrogens (tertiary/aromatic N) is 1. The monoisotopic (exact) mass is 422 g/mol. The van der Waals surface area contributed by atoms with Gasteiger partial charge in [0, 0.05) is 39.7 Å². The van der Waals surface area contributed by atoms with Crippen LogP contribution in [0.2, 0.25) is 10.0 Å². The molecule has 1 N–H and O–H groups in total. The van der Waals surface area contributed by atoms with Crippen molar-refractivity contribution in [2.45, 2.75) is 24.3 Å². The van der Waals surface area contributed by atoms with Gasteiger partial charge in [-0.3, -0.25) is 9.69 Å². The van der Waals surface area contributed by atoms with Gasteiger partial charge in [-0.05, 0) is 55.8 Å². The van der Waals surface area contributed by atoms with E-state index < -0.39 is 0 Å². The molecule has 0 aliphatic carbocycles. The Hall–Kier alpha value is -1.20. The summed E-state index contributed by atoms with van der Waals surface area (Å²) in [7, 11) is 0. The number of amides is 1. The largest absolute Gasteiger partial charge is 0.355 e. The number of hydrogen-bond acceptors (Lipinski definition) is 3. The molecule has 1 heterocycles. The average Bonchev–Trinajstić information content (AvgIpc) is 2.69. The van der Waals surface area contributed by atoms with Crippen molar-refractivity contribution in [1.29, 1.82) is 0 Å². The van der Waals surface area contributed by atoms with Crippen molar-refractivity contribution < 1.29 is 4.79 Å². The molecule has 6 heteroatoms. The van der Waals surface area contributed by atoms with Crippen LogP contribution in [0.15, 0.2) is 53.4 Å². The van der Waals surface area contributed by atoms with Gasteiger partial charge in [-0.25, -0.2) is 0 Å². The highest BCUT2D eigenvalue weighted by Crippen LogP contribution is 2.25. The van der Waals surface area contributed by atoms with E-state index in [-0.39, 0.29) is 11.8 Å². The third-order valence-corrected chi connectivity index (χ3v) is 6.38. The molecule has 0 radical (unpaired) electrons. The summed E-state index contributed by atoms with van der Waals surface area (Å²) in [5.74, 6) is 1.19. The highest BCUT2D eigenvalue weighted by molar-refractivity contribution is 7.99. The minimum atomic E-state index is 0.115. The van der Waals surface area contributed by atoms with Crippen LogP contribution in [0.25, 0.3) is 0 Å². The molecular formula is C21H24Cl2N2OS. The maximum Gasteiger partial charge on any atom is 0.223 e. The van der Waals surface area contributed by atoms with Crippen molar-refractivity contribution in [3.05, 3.63) is 64.1 Å². The van der Waals surface area contributed by atoms with Crippen LogP contribution in [0.1, 0.15) is 18.4 Å². The quantitative estimate of drug-likeness (QED) is 0.496. The van der Waals surface area contributed by atoms with Gasteiger partial charge in [-0.2, -0.15) is 0 Å². The molecule has 1 aliphatic rings. The fourth-order valence-corrected chi connectivity index (χ4v) is 4.51. The summed E-state index contributed by atoms with van der Waals surface area (Å²) >= 11 is 14.0. The van der Waals surface area contributed by atoms with Gasteiger partial charge < -0.3 is 5.32 Å². The fraction of sp³-hybridized carbons (Fsp3) is 0.381. The van der Waals surface area contributed by atoms with Crippen molar-refractivity contribution in [2.24, 2.45) is 5.92 Å². The molecule has 1 aliphatic heterocycles. The Labute approximate surface area is 175 Å². The van der Waals surface area contributed by atoms with Crippen molar-refractivity contribution in [3.63, 3.8) is 0 Å². The lowest BCUT2D eigenvalue weighted by Gasteiger charge is -2.31. The maximum atomic E-state index is 12.4. The number of piperidine rings is 1. The first-order valence-corrected chi connectivity index (χ1v) is 11.0. The first kappa shape index (κ1) is 20.5. The van der Waals surface area contributed by atoms with E-state index in [9.17, 15) is 4.79 Å². The number of carbonyl (C=O) groups is 1. The zero-order chi connectivity index (χ0) is 19.1. The normalized spacial score (nSPS) is 15.6. The zero-order valence-electron chi connectivity index (χ0n) is 15.2. The van der Waals surface area contributed by atoms with Gasteiger partial charge in [0.05, 0.1) is 0 Å². The summed E-state index contributed by atoms with van der Waals surface area (Å²) in [4.78, 5) is 16.0. The lowest BCUT2D eigenvalue weighted by atomic mass is 9.95. The first-order valence-electron chi connectivity index (χ1n) is 9.23. The van der Waals surface area contributed by atoms with Crippen LogP contribution in [0.3, 0.4) is 0 Å². The molecule has 2 aromatic carbocycles. The summed E-state index contributed by atoms with van der Waals surface area (Å²) in [6, 6.07) is 15.9. The van der Waals surface area contributed by atoms with Gasteiger partial charge in [-0.15, -0.1) is 11.8 Å². The molecule has 144 valence electrons. The number of nitrogens with one attached hydrogen (secondary N) is 1. The molecule has 0 bridgehead atoms. The zero-order valence-corrected chi connectivity index (χ0v) is 17.5. The van der Waals surface area contributed by atoms with Crippen LogP contribution in [-0.2, 0) is 11.3 Å². The molecule has 0 aromatic heterocycles. The summed E-state index contributed by atoms with van der Waals surface area (Å²) < 4.78 is 0. The Kier molecular flexibility index (Phi) is 7.89. The summed E-state index contributed by atoms with van der Waals surface area (Å²) in [5, 5.41) is 4.45. The summed E-state index contributed by atoms with van der Waals surface area (Å²) in [5.41, 5.74) is 1.09. The molecule has 0 unspecified atom stereocenters. The minimum absolute atomic E-state index is 0.115. The van der Waals surface area contributed by atoms with E-state index >= 15 is 0 Å². The molecule has 27 heavy (non-hydrogen) atoms. The second-order valence-electron chi connectivity index (χ2n) is 6.74. The lowest BCUT2D eigenvalue weighted by molar-refractivity contribution is -0.126. The number of thioether (sulfide) groups is 1. The summed E-state index contributed by atoms with van der Waals surface area (Å²) in [6.45, 7) is 3.34. The van der Waals surface area contributed by atoms with Crippen LogP contribution in [0, 0.1) is 5.92 Å². The second kappa shape index (κ2) is 10.4. The van der Waals surface area contributed by atoms with Crippen molar-refractivity contribution in [2.75, 3.05) is 25.4 Å². The van der Waals surface area contributed by atoms with Crippen molar-refractivity contribution in [3.8, 4) is 0 Å². The third kappa shape index (κ3) is 6.42. The van der Waals surface area contributed by atoms with Crippen LogP contribution in [0.5, 0.6) is 0 Å². The molecular weight excluding hydrogens is 399 g/mol. The van der Waals surface area contributed by atoms with Gasteiger partial charge in [0.15, 0.2) is 0 Å². The van der Waals surface area contributed by atoms with E-state index in [4.69, 9.17) is 23.2 Å². The van der Waals surface area contributed by atoms with Gasteiger partial charge in [0.2, 0.25) is 5.91 Å². The van der Waals surface area contributed by atoms with E-state index in [0.29, 0.717) is 16.6 Å². The molecule has 1 saturated heterocycles. The first-order chi connectivity index (χ1) is 13.1. The standard InChI is InChI=1S/C21H24Cl2N2OS/c22-18-7-6-17(20(23)14-18)15-25-11-8-16(9-12-25)21(26)24-10-13-27-19-4-2-1-3-5-19/h1-7,14,16H,8-13,15H2,(H,24,26). The van der Waals surface area contributed by atoms with E-state index in [1.54, 1.807) is 17.8 Å². The van der Waals surface area contributed by atoms with E-state index in [1.807, 2.05) is 30.3 Å². The lowest BCUT2D eigenvalue weighted by Crippen LogP contribution is -2.40. The van der Waals surface area contributed by atoms with Crippen LogP contribution >= 0.6 is 35.0 Å². The van der Waals surface area contributed by atoms with E-state index in [0.717, 1.165) is 43.8 Å². The smallest absolute Gasteiger partial charge is 0.223 e. The Morgan fingerprint density at radius 1 is 1.11 bits per heavy atom. The van der Waals surface area contributed by atoms with Gasteiger partial charge in [0.1, 0.15) is 0 Å². The molecule has 0 spiro atoms. The predicted octanol–water partition coefficient (Wildman–Crippen LogP) is 5.11. The van der Waals surface area contributed by atoms with Gasteiger partial charge in [-0.1, -0.05) is 47.5 Å². The van der Waals surface area contributed by atoms with Gasteiger partial charge >= 0.3 is 0 Å². The van der Waals surface area contributed by atoms with Crippen molar-refractivity contribution >= 4 is 40.9 Å². The van der Waals surface area contributed by atoms with Crippen LogP contribution in [0.4, 0.5) is 0 Å². The summed E-state index contributed by atoms with van der Waals surface area (Å²) in [6.07, 6.45) is 1.78. The van der Waals surface area contributed by atoms with Crippen LogP contribution in [-0.4, -0.2) is 36.2 Å². The Morgan fingerprint density at radius 3 is 2.56 bits per heavy atom. The predicted molar refractivity (Wildman–Crippen MR) is 115 cm³/mol. The molecule has 1 fully saturated rings. The number of benzene rings is 2. The molecule has 3 rings (SSSR count). The minimum Gasteiger partial charge on any atom is -0.355 e. The number of halogens is 2. The molecule has 3 nitrogen and oxygen atoms in total. The topological polar surface area (TPSA) is 32.3 Å². The number of likely N-dealkylation sites (tertiary alicyclic amines) is 1. The third-order valence-electron chi connectivity index (χ3n) is 4.78. The highest BCUT2D eigenvalue weighted by atomic mass is 35.5. The Bertz CT molecular complexity index is 749. The Balaban J connectivity index is 1.36. The number of carbonyl (C=O) groups excluding carboxylic acids is 1. The van der Waals surface area contributed by atoms with Crippen molar-refractivity contribution in [1.82, 2.24) is 10.2 Å². The van der Waals surface area contributed by atoms with E-state index in [2.05, 4.69) is 22.3 Å². The number of rotatable bonds is 7. The second-order valence-corrected chi connectivity index (χ2v) is 8.75. The SMILES string of the molecule is O=C(NCCSc1ccccc1)C1CCN(Cc2ccc(Cl)cc2Cl)CC1. The molecule has 1 amide bonds. The molecule has 2 aromatic rings. The maximum absolute atomic E-state index is 12.4. The molecule has 0 saturated carbocycles. The average molecular weight is 423 g/mol. The van der Waals surface area contributed by atoms with Crippen LogP contribution < -0.4 is 5.32 Å². The highest BCUT2D eigenvalue weighted by Gasteiger charge is 2.25.